The van der Waals surface area contributed by atoms with E-state index in [0.717, 1.165) is 5.56 Å². The molecule has 0 saturated heterocycles. The second kappa shape index (κ2) is 7.79. The summed E-state index contributed by atoms with van der Waals surface area (Å²) in [5.74, 6) is -1.56. The van der Waals surface area contributed by atoms with Crippen LogP contribution in [0.1, 0.15) is 15.9 Å². The van der Waals surface area contributed by atoms with Gasteiger partial charge in [0.25, 0.3) is 0 Å². The number of azo groups is 1. The van der Waals surface area contributed by atoms with Crippen LogP contribution in [0.15, 0.2) is 57.8 Å². The van der Waals surface area contributed by atoms with Gasteiger partial charge in [0.15, 0.2) is 5.11 Å². The molecule has 5 N–H and O–H groups in total. The van der Waals surface area contributed by atoms with Crippen LogP contribution in [0.25, 0.3) is 0 Å². The van der Waals surface area contributed by atoms with Crippen LogP contribution in [0.5, 0.6) is 5.75 Å². The number of hydrazone groups is 1. The Balaban J connectivity index is 2.09. The van der Waals surface area contributed by atoms with Crippen molar-refractivity contribution in [1.29, 1.82) is 0 Å². The Labute approximate surface area is 142 Å². The lowest BCUT2D eigenvalue weighted by molar-refractivity contribution is 0.0694. The number of thiocarbonyl (C=S) groups is 1. The second-order valence-corrected chi connectivity index (χ2v) is 4.97. The van der Waals surface area contributed by atoms with Gasteiger partial charge < -0.3 is 15.9 Å². The molecule has 24 heavy (non-hydrogen) atoms. The Hall–Kier alpha value is -3.33. The van der Waals surface area contributed by atoms with Crippen LogP contribution < -0.4 is 11.2 Å². The molecule has 0 unspecified atom stereocenters. The van der Waals surface area contributed by atoms with Crippen molar-refractivity contribution in [2.24, 2.45) is 21.1 Å². The van der Waals surface area contributed by atoms with Gasteiger partial charge in [-0.25, -0.2) is 4.79 Å². The van der Waals surface area contributed by atoms with Crippen LogP contribution in [-0.2, 0) is 0 Å². The van der Waals surface area contributed by atoms with Gasteiger partial charge in [-0.05, 0) is 48.1 Å². The van der Waals surface area contributed by atoms with E-state index in [9.17, 15) is 9.90 Å². The van der Waals surface area contributed by atoms with Gasteiger partial charge in [0.05, 0.1) is 17.6 Å². The molecule has 2 aromatic carbocycles. The fourth-order valence-corrected chi connectivity index (χ4v) is 1.72. The molecule has 8 nitrogen and oxygen atoms in total. The zero-order valence-electron chi connectivity index (χ0n) is 12.2. The average molecular weight is 343 g/mol. The van der Waals surface area contributed by atoms with E-state index in [4.69, 9.17) is 10.8 Å². The largest absolute Gasteiger partial charge is 0.507 e. The Morgan fingerprint density at radius 3 is 2.38 bits per heavy atom. The summed E-state index contributed by atoms with van der Waals surface area (Å²) in [6, 6.07) is 10.9. The zero-order chi connectivity index (χ0) is 17.5. The number of rotatable bonds is 5. The standard InChI is InChI=1S/C15H13N5O3S/c16-15(24)20-17-8-9-1-3-10(4-2-9)18-19-11-5-6-13(21)12(7-11)14(22)23/h1-8,21H,(H,22,23)(H3,16,20,24)/b17-8+,19-18?. The van der Waals surface area contributed by atoms with Gasteiger partial charge in [-0.15, -0.1) is 0 Å². The summed E-state index contributed by atoms with van der Waals surface area (Å²) in [4.78, 5) is 10.9. The molecule has 0 amide bonds. The molecule has 0 aromatic heterocycles. The lowest BCUT2D eigenvalue weighted by Crippen LogP contribution is -2.23. The van der Waals surface area contributed by atoms with Crippen LogP contribution in [0.4, 0.5) is 11.4 Å². The number of benzene rings is 2. The van der Waals surface area contributed by atoms with Crippen LogP contribution in [0, 0.1) is 0 Å². The Bertz CT molecular complexity index is 818. The number of carboxylic acid groups (broad SMARTS) is 1. The number of nitrogens with one attached hydrogen (secondary N) is 1. The number of nitrogens with two attached hydrogens (primary N) is 1. The van der Waals surface area contributed by atoms with Crippen molar-refractivity contribution in [1.82, 2.24) is 5.43 Å². The molecule has 9 heteroatoms. The number of aromatic carboxylic acids is 1. The molecule has 0 heterocycles. The molecule has 2 rings (SSSR count). The Morgan fingerprint density at radius 1 is 1.12 bits per heavy atom. The van der Waals surface area contributed by atoms with Crippen molar-refractivity contribution in [2.45, 2.75) is 0 Å². The van der Waals surface area contributed by atoms with Crippen LogP contribution in [-0.4, -0.2) is 27.5 Å². The van der Waals surface area contributed by atoms with E-state index in [0.29, 0.717) is 11.4 Å². The third-order valence-corrected chi connectivity index (χ3v) is 2.86. The van der Waals surface area contributed by atoms with Gasteiger partial charge in [-0.3, -0.25) is 5.43 Å². The summed E-state index contributed by atoms with van der Waals surface area (Å²) in [7, 11) is 0. The molecule has 122 valence electrons. The molecule has 0 radical (unpaired) electrons. The molecular formula is C15H13N5O3S. The maximum atomic E-state index is 10.9. The first kappa shape index (κ1) is 17.0. The zero-order valence-corrected chi connectivity index (χ0v) is 13.1. The van der Waals surface area contributed by atoms with Crippen LogP contribution >= 0.6 is 12.2 Å². The Kier molecular flexibility index (Phi) is 5.53. The highest BCUT2D eigenvalue weighted by Crippen LogP contribution is 2.25. The van der Waals surface area contributed by atoms with E-state index >= 15 is 0 Å². The van der Waals surface area contributed by atoms with E-state index < -0.39 is 5.97 Å². The van der Waals surface area contributed by atoms with Gasteiger partial charge in [-0.1, -0.05) is 12.1 Å². The highest BCUT2D eigenvalue weighted by atomic mass is 32.1. The number of carboxylic acids is 1. The molecule has 0 spiro atoms. The number of aromatic hydroxyl groups is 1. The number of phenols is 1. The first-order chi connectivity index (χ1) is 11.5. The molecule has 0 saturated carbocycles. The quantitative estimate of drug-likeness (QED) is 0.285. The summed E-state index contributed by atoms with van der Waals surface area (Å²) in [6.07, 6.45) is 1.54. The average Bonchev–Trinajstić information content (AvgIpc) is 2.54. The van der Waals surface area contributed by atoms with Gasteiger partial charge in [0, 0.05) is 0 Å². The SMILES string of the molecule is NC(=S)N/N=C/c1ccc(N=Nc2ccc(O)c(C(=O)O)c2)cc1. The summed E-state index contributed by atoms with van der Waals surface area (Å²) < 4.78 is 0. The monoisotopic (exact) mass is 343 g/mol. The fraction of sp³-hybridized carbons (Fsp3) is 0. The van der Waals surface area contributed by atoms with E-state index in [1.807, 2.05) is 0 Å². The van der Waals surface area contributed by atoms with Crippen molar-refractivity contribution < 1.29 is 15.0 Å². The normalized spacial score (nSPS) is 11.0. The molecule has 0 aliphatic heterocycles. The maximum Gasteiger partial charge on any atom is 0.339 e. The lowest BCUT2D eigenvalue weighted by atomic mass is 10.2. The van der Waals surface area contributed by atoms with Crippen molar-refractivity contribution in [3.63, 3.8) is 0 Å². The van der Waals surface area contributed by atoms with Crippen molar-refractivity contribution in [3.8, 4) is 5.75 Å². The number of carbonyl (C=O) groups is 1. The first-order valence-corrected chi connectivity index (χ1v) is 7.03. The van der Waals surface area contributed by atoms with E-state index in [1.54, 1.807) is 30.5 Å². The molecule has 0 fully saturated rings. The predicted molar refractivity (Wildman–Crippen MR) is 93.2 cm³/mol. The number of hydrogen-bond acceptors (Lipinski definition) is 6. The van der Waals surface area contributed by atoms with Crippen LogP contribution in [0.3, 0.4) is 0 Å². The van der Waals surface area contributed by atoms with Gasteiger partial charge in [-0.2, -0.15) is 15.3 Å². The van der Waals surface area contributed by atoms with Gasteiger partial charge >= 0.3 is 5.97 Å². The summed E-state index contributed by atoms with van der Waals surface area (Å²) in [5, 5.41) is 30.2. The topological polar surface area (TPSA) is 133 Å². The molecule has 0 aliphatic rings. The highest BCUT2D eigenvalue weighted by molar-refractivity contribution is 7.80. The van der Waals surface area contributed by atoms with Crippen molar-refractivity contribution >= 4 is 40.9 Å². The molecule has 0 atom stereocenters. The third kappa shape index (κ3) is 4.85. The smallest absolute Gasteiger partial charge is 0.339 e. The minimum atomic E-state index is -1.24. The van der Waals surface area contributed by atoms with Crippen molar-refractivity contribution in [2.75, 3.05) is 0 Å². The summed E-state index contributed by atoms with van der Waals surface area (Å²) in [6.45, 7) is 0. The van der Waals surface area contributed by atoms with E-state index in [2.05, 4.69) is 33.0 Å². The van der Waals surface area contributed by atoms with E-state index in [-0.39, 0.29) is 16.4 Å². The summed E-state index contributed by atoms with van der Waals surface area (Å²) >= 11 is 4.62. The second-order valence-electron chi connectivity index (χ2n) is 4.53. The molecule has 2 aromatic rings. The van der Waals surface area contributed by atoms with Gasteiger partial charge in [0.1, 0.15) is 11.3 Å². The lowest BCUT2D eigenvalue weighted by Gasteiger charge is -2.00. The third-order valence-electron chi connectivity index (χ3n) is 2.77. The Morgan fingerprint density at radius 2 is 1.75 bits per heavy atom. The fourth-order valence-electron chi connectivity index (χ4n) is 1.67. The first-order valence-electron chi connectivity index (χ1n) is 6.62. The number of nitrogens with zero attached hydrogens (tertiary/aromatic N) is 3. The minimum Gasteiger partial charge on any atom is -0.507 e. The van der Waals surface area contributed by atoms with Gasteiger partial charge in [0.2, 0.25) is 0 Å². The molecule has 0 aliphatic carbocycles. The summed E-state index contributed by atoms with van der Waals surface area (Å²) in [5.41, 5.74) is 9.14. The maximum absolute atomic E-state index is 10.9. The highest BCUT2D eigenvalue weighted by Gasteiger charge is 2.09. The van der Waals surface area contributed by atoms with Crippen molar-refractivity contribution in [3.05, 3.63) is 53.6 Å². The van der Waals surface area contributed by atoms with Crippen LogP contribution in [0.2, 0.25) is 0 Å². The minimum absolute atomic E-state index is 0.0753. The molecule has 0 bridgehead atoms. The van der Waals surface area contributed by atoms with E-state index in [1.165, 1.54) is 18.2 Å². The predicted octanol–water partition coefficient (Wildman–Crippen LogP) is 2.67. The number of hydrogen-bond donors (Lipinski definition) is 4. The molecular weight excluding hydrogens is 330 g/mol.